The molecule has 2 saturated heterocycles. The molecule has 0 bridgehead atoms. The topological polar surface area (TPSA) is 126 Å². The van der Waals surface area contributed by atoms with Crippen molar-refractivity contribution in [3.8, 4) is 17.0 Å². The van der Waals surface area contributed by atoms with Gasteiger partial charge >= 0.3 is 12.1 Å². The summed E-state index contributed by atoms with van der Waals surface area (Å²) in [5.74, 6) is -0.961. The number of hydrogen-bond donors (Lipinski definition) is 3. The second kappa shape index (κ2) is 10.3. The smallest absolute Gasteiger partial charge is 0.429 e. The third-order valence-corrected chi connectivity index (χ3v) is 7.51. The number of benzene rings is 1. The van der Waals surface area contributed by atoms with Crippen LogP contribution in [0.25, 0.3) is 11.1 Å². The van der Waals surface area contributed by atoms with Gasteiger partial charge in [0.1, 0.15) is 11.9 Å². The second-order valence-electron chi connectivity index (χ2n) is 10.2. The van der Waals surface area contributed by atoms with Gasteiger partial charge in [-0.15, -0.1) is 0 Å². The van der Waals surface area contributed by atoms with Gasteiger partial charge < -0.3 is 25.8 Å². The van der Waals surface area contributed by atoms with Crippen molar-refractivity contribution < 1.29 is 27.8 Å². The van der Waals surface area contributed by atoms with Crippen LogP contribution in [0.15, 0.2) is 48.7 Å². The Hall–Kier alpha value is -3.93. The van der Waals surface area contributed by atoms with Crippen LogP contribution in [0.1, 0.15) is 36.6 Å². The van der Waals surface area contributed by atoms with Gasteiger partial charge in [0, 0.05) is 48.7 Å². The first-order valence-electron chi connectivity index (χ1n) is 12.6. The minimum atomic E-state index is -4.71. The van der Waals surface area contributed by atoms with Crippen molar-refractivity contribution >= 4 is 17.7 Å². The Balaban J connectivity index is 1.32. The van der Waals surface area contributed by atoms with Crippen molar-refractivity contribution in [2.75, 3.05) is 30.3 Å². The number of nitrogen functional groups attached to an aromatic ring is 1. The third kappa shape index (κ3) is 5.90. The summed E-state index contributed by atoms with van der Waals surface area (Å²) in [6.45, 7) is 3.59. The fraction of sp³-hybridized carbons (Fsp3) is 0.407. The predicted molar refractivity (Wildman–Crippen MR) is 138 cm³/mol. The number of aryl methyl sites for hydroxylation is 1. The molecular weight excluding hydrogens is 513 g/mol. The van der Waals surface area contributed by atoms with Crippen molar-refractivity contribution in [3.63, 3.8) is 0 Å². The maximum atomic E-state index is 14.1. The third-order valence-electron chi connectivity index (χ3n) is 7.51. The first kappa shape index (κ1) is 26.7. The number of nitrogens with two attached hydrogens (primary N) is 1. The Kier molecular flexibility index (Phi) is 7.06. The molecule has 4 heterocycles. The number of pyridine rings is 1. The lowest BCUT2D eigenvalue weighted by molar-refractivity contribution is -0.198. The van der Waals surface area contributed by atoms with Gasteiger partial charge in [-0.2, -0.15) is 23.1 Å². The van der Waals surface area contributed by atoms with Crippen molar-refractivity contribution in [2.45, 2.75) is 44.5 Å². The molecule has 1 spiro atoms. The number of hydrogen-bond acceptors (Lipinski definition) is 8. The number of ether oxygens (including phenoxy) is 1. The lowest BCUT2D eigenvalue weighted by Gasteiger charge is -2.39. The Morgan fingerprint density at radius 3 is 2.44 bits per heavy atom. The SMILES string of the molecule is Cc1ccc(-c2ccc([C@@H](Oc3cc(N4CCC5(CC4)CN[C@H](C(=O)O)C5)nc(N)n3)C(F)(F)F)cc2)cn1. The van der Waals surface area contributed by atoms with Gasteiger partial charge in [-0.1, -0.05) is 30.3 Å². The second-order valence-corrected chi connectivity index (χ2v) is 10.2. The molecule has 0 unspecified atom stereocenters. The minimum Gasteiger partial charge on any atom is -0.480 e. The number of nitrogens with one attached hydrogen (secondary N) is 1. The van der Waals surface area contributed by atoms with Crippen LogP contribution in [-0.4, -0.2) is 57.9 Å². The molecule has 1 aromatic carbocycles. The summed E-state index contributed by atoms with van der Waals surface area (Å²) in [5.41, 5.74) is 8.02. The average Bonchev–Trinajstić information content (AvgIpc) is 3.31. The minimum absolute atomic E-state index is 0.0771. The lowest BCUT2D eigenvalue weighted by atomic mass is 9.76. The van der Waals surface area contributed by atoms with Crippen LogP contribution in [0.2, 0.25) is 0 Å². The zero-order chi connectivity index (χ0) is 27.8. The van der Waals surface area contributed by atoms with Crippen LogP contribution in [0, 0.1) is 12.3 Å². The summed E-state index contributed by atoms with van der Waals surface area (Å²) in [6, 6.07) is 10.4. The highest BCUT2D eigenvalue weighted by Crippen LogP contribution is 2.41. The number of carbonyl (C=O) groups is 1. The van der Waals surface area contributed by atoms with Gasteiger partial charge in [-0.05, 0) is 43.2 Å². The number of carboxylic acid groups (broad SMARTS) is 1. The Labute approximate surface area is 223 Å². The monoisotopic (exact) mass is 542 g/mol. The maximum Gasteiger partial charge on any atom is 0.429 e. The van der Waals surface area contributed by atoms with Crippen LogP contribution in [0.3, 0.4) is 0 Å². The molecule has 0 radical (unpaired) electrons. The van der Waals surface area contributed by atoms with Gasteiger partial charge in [0.25, 0.3) is 0 Å². The summed E-state index contributed by atoms with van der Waals surface area (Å²) >= 11 is 0. The summed E-state index contributed by atoms with van der Waals surface area (Å²) in [4.78, 5) is 25.6. The number of carboxylic acids is 1. The van der Waals surface area contributed by atoms with E-state index in [-0.39, 0.29) is 22.8 Å². The number of aromatic nitrogens is 3. The molecule has 9 nitrogen and oxygen atoms in total. The number of aliphatic carboxylic acids is 1. The molecule has 5 rings (SSSR count). The first-order valence-corrected chi connectivity index (χ1v) is 12.6. The quantitative estimate of drug-likeness (QED) is 0.421. The summed E-state index contributed by atoms with van der Waals surface area (Å²) in [5, 5.41) is 12.4. The molecule has 2 aliphatic rings. The molecule has 206 valence electrons. The molecule has 0 amide bonds. The molecule has 0 aliphatic carbocycles. The van der Waals surface area contributed by atoms with E-state index >= 15 is 0 Å². The van der Waals surface area contributed by atoms with Crippen LogP contribution in [0.5, 0.6) is 5.88 Å². The highest BCUT2D eigenvalue weighted by Gasteiger charge is 2.45. The molecule has 2 atom stereocenters. The Morgan fingerprint density at radius 1 is 1.15 bits per heavy atom. The molecule has 4 N–H and O–H groups in total. The van der Waals surface area contributed by atoms with E-state index in [1.165, 1.54) is 18.2 Å². The van der Waals surface area contributed by atoms with E-state index in [9.17, 15) is 23.1 Å². The van der Waals surface area contributed by atoms with Gasteiger partial charge in [0.15, 0.2) is 0 Å². The maximum absolute atomic E-state index is 14.1. The van der Waals surface area contributed by atoms with Crippen LogP contribution >= 0.6 is 0 Å². The molecule has 3 aromatic rings. The molecule has 2 aromatic heterocycles. The lowest BCUT2D eigenvalue weighted by Crippen LogP contribution is -2.41. The highest BCUT2D eigenvalue weighted by atomic mass is 19.4. The molecule has 2 fully saturated rings. The molecule has 12 heteroatoms. The molecular formula is C27H29F3N6O3. The van der Waals surface area contributed by atoms with E-state index in [1.54, 1.807) is 18.3 Å². The highest BCUT2D eigenvalue weighted by molar-refractivity contribution is 5.74. The largest absolute Gasteiger partial charge is 0.480 e. The standard InChI is InChI=1S/C27H29F3N6O3/c1-16-2-3-19(14-32-16)17-4-6-18(7-5-17)23(27(28,29)30)39-22-12-21(34-25(31)35-22)36-10-8-26(9-11-36)13-20(24(37)38)33-15-26/h2-7,12,14,20,23,33H,8-11,13,15H2,1H3,(H,37,38)(H2,31,34,35)/t20-,23+/m0/s1. The van der Waals surface area contributed by atoms with Gasteiger partial charge in [0.05, 0.1) is 0 Å². The number of halogens is 3. The zero-order valence-electron chi connectivity index (χ0n) is 21.3. The van der Waals surface area contributed by atoms with Crippen molar-refractivity contribution in [2.24, 2.45) is 5.41 Å². The predicted octanol–water partition coefficient (Wildman–Crippen LogP) is 4.14. The van der Waals surface area contributed by atoms with Crippen LogP contribution in [-0.2, 0) is 4.79 Å². The van der Waals surface area contributed by atoms with Gasteiger partial charge in [-0.3, -0.25) is 9.78 Å². The van der Waals surface area contributed by atoms with Crippen molar-refractivity contribution in [1.82, 2.24) is 20.3 Å². The van der Waals surface area contributed by atoms with Gasteiger partial charge in [-0.25, -0.2) is 0 Å². The summed E-state index contributed by atoms with van der Waals surface area (Å²) in [7, 11) is 0. The van der Waals surface area contributed by atoms with Crippen LogP contribution < -0.4 is 20.7 Å². The Morgan fingerprint density at radius 2 is 1.85 bits per heavy atom. The first-order chi connectivity index (χ1) is 18.5. The van der Waals surface area contributed by atoms with E-state index in [1.807, 2.05) is 24.0 Å². The molecule has 0 saturated carbocycles. The Bertz CT molecular complexity index is 1330. The number of nitrogens with zero attached hydrogens (tertiary/aromatic N) is 4. The van der Waals surface area contributed by atoms with E-state index in [4.69, 9.17) is 10.5 Å². The number of rotatable bonds is 6. The average molecular weight is 543 g/mol. The molecule has 39 heavy (non-hydrogen) atoms. The summed E-state index contributed by atoms with van der Waals surface area (Å²) in [6.07, 6.45) is -3.31. The fourth-order valence-electron chi connectivity index (χ4n) is 5.27. The number of anilines is 2. The van der Waals surface area contributed by atoms with Crippen molar-refractivity contribution in [1.29, 1.82) is 0 Å². The summed E-state index contributed by atoms with van der Waals surface area (Å²) < 4.78 is 47.7. The fourth-order valence-corrected chi connectivity index (χ4v) is 5.27. The zero-order valence-corrected chi connectivity index (χ0v) is 21.3. The van der Waals surface area contributed by atoms with Crippen LogP contribution in [0.4, 0.5) is 24.9 Å². The number of piperidine rings is 1. The normalized spacial score (nSPS) is 19.7. The van der Waals surface area contributed by atoms with E-state index < -0.39 is 24.3 Å². The van der Waals surface area contributed by atoms with E-state index in [0.717, 1.165) is 29.7 Å². The number of alkyl halides is 3. The van der Waals surface area contributed by atoms with E-state index in [2.05, 4.69) is 20.3 Å². The van der Waals surface area contributed by atoms with E-state index in [0.29, 0.717) is 31.9 Å². The molecule has 2 aliphatic heterocycles. The van der Waals surface area contributed by atoms with Gasteiger partial charge in [0.2, 0.25) is 17.9 Å². The van der Waals surface area contributed by atoms with Crippen molar-refractivity contribution in [3.05, 3.63) is 59.9 Å².